The summed E-state index contributed by atoms with van der Waals surface area (Å²) in [7, 11) is 0. The number of anilines is 1. The first kappa shape index (κ1) is 16.2. The average Bonchev–Trinajstić information content (AvgIpc) is 3.08. The monoisotopic (exact) mass is 318 g/mol. The fourth-order valence-electron chi connectivity index (χ4n) is 3.24. The van der Waals surface area contributed by atoms with Crippen molar-refractivity contribution in [3.05, 3.63) is 17.6 Å². The Kier molecular flexibility index (Phi) is 5.10. The van der Waals surface area contributed by atoms with E-state index in [1.165, 1.54) is 0 Å². The molecule has 0 aromatic carbocycles. The molecule has 1 amide bonds. The van der Waals surface area contributed by atoms with Crippen molar-refractivity contribution in [1.82, 2.24) is 14.9 Å². The van der Waals surface area contributed by atoms with Crippen LogP contribution in [0, 0.1) is 6.92 Å². The number of nitrogens with zero attached hydrogens (tertiary/aromatic N) is 4. The molecular weight excluding hydrogens is 292 g/mol. The molecule has 1 aromatic heterocycles. The van der Waals surface area contributed by atoms with Gasteiger partial charge in [0.15, 0.2) is 0 Å². The van der Waals surface area contributed by atoms with Gasteiger partial charge < -0.3 is 14.5 Å². The third kappa shape index (κ3) is 3.80. The molecule has 0 aliphatic carbocycles. The number of piperazine rings is 1. The third-order valence-corrected chi connectivity index (χ3v) is 4.48. The van der Waals surface area contributed by atoms with Gasteiger partial charge in [-0.15, -0.1) is 0 Å². The van der Waals surface area contributed by atoms with Crippen LogP contribution in [0.2, 0.25) is 0 Å². The number of ether oxygens (including phenoxy) is 1. The topological polar surface area (TPSA) is 58.6 Å². The molecule has 2 aliphatic heterocycles. The van der Waals surface area contributed by atoms with E-state index in [1.807, 2.05) is 17.9 Å². The summed E-state index contributed by atoms with van der Waals surface area (Å²) in [5.74, 6) is 2.07. The molecular formula is C17H26N4O2. The Morgan fingerprint density at radius 1 is 1.30 bits per heavy atom. The molecule has 0 bridgehead atoms. The van der Waals surface area contributed by atoms with Gasteiger partial charge in [0.05, 0.1) is 0 Å². The fraction of sp³-hybridized carbons (Fsp3) is 0.706. The van der Waals surface area contributed by atoms with E-state index in [0.717, 1.165) is 75.8 Å². The quantitative estimate of drug-likeness (QED) is 0.843. The molecule has 1 aromatic rings. The lowest BCUT2D eigenvalue weighted by Crippen LogP contribution is -2.51. The SMILES string of the molecule is CCCc1nc(C)cc(N2CCN(C(=O)[C@H]3CCCO3)CC2)n1. The zero-order valence-corrected chi connectivity index (χ0v) is 14.1. The fourth-order valence-corrected chi connectivity index (χ4v) is 3.24. The number of rotatable bonds is 4. The molecule has 0 N–H and O–H groups in total. The van der Waals surface area contributed by atoms with Crippen LogP contribution in [-0.4, -0.2) is 59.7 Å². The van der Waals surface area contributed by atoms with Crippen LogP contribution in [0.1, 0.15) is 37.7 Å². The Bertz CT molecular complexity index is 550. The van der Waals surface area contributed by atoms with Crippen LogP contribution in [-0.2, 0) is 16.0 Å². The van der Waals surface area contributed by atoms with Crippen molar-refractivity contribution >= 4 is 11.7 Å². The van der Waals surface area contributed by atoms with Crippen molar-refractivity contribution in [3.63, 3.8) is 0 Å². The van der Waals surface area contributed by atoms with Gasteiger partial charge in [-0.2, -0.15) is 0 Å². The highest BCUT2D eigenvalue weighted by molar-refractivity contribution is 5.81. The Morgan fingerprint density at radius 3 is 2.74 bits per heavy atom. The number of aromatic nitrogens is 2. The summed E-state index contributed by atoms with van der Waals surface area (Å²) in [6, 6.07) is 2.04. The third-order valence-electron chi connectivity index (χ3n) is 4.48. The molecule has 0 unspecified atom stereocenters. The Balaban J connectivity index is 1.61. The number of carbonyl (C=O) groups is 1. The summed E-state index contributed by atoms with van der Waals surface area (Å²) in [5, 5.41) is 0. The summed E-state index contributed by atoms with van der Waals surface area (Å²) in [4.78, 5) is 25.8. The molecule has 0 radical (unpaired) electrons. The Hall–Kier alpha value is -1.69. The van der Waals surface area contributed by atoms with Crippen LogP contribution < -0.4 is 4.90 Å². The van der Waals surface area contributed by atoms with Crippen molar-refractivity contribution in [1.29, 1.82) is 0 Å². The minimum absolute atomic E-state index is 0.160. The van der Waals surface area contributed by atoms with Crippen LogP contribution in [0.3, 0.4) is 0 Å². The number of amides is 1. The Labute approximate surface area is 137 Å². The van der Waals surface area contributed by atoms with E-state index in [4.69, 9.17) is 4.74 Å². The second-order valence-electron chi connectivity index (χ2n) is 6.35. The van der Waals surface area contributed by atoms with Crippen molar-refractivity contribution < 1.29 is 9.53 Å². The molecule has 0 spiro atoms. The van der Waals surface area contributed by atoms with Crippen LogP contribution in [0.25, 0.3) is 0 Å². The van der Waals surface area contributed by atoms with Crippen molar-refractivity contribution in [3.8, 4) is 0 Å². The predicted octanol–water partition coefficient (Wildman–Crippen LogP) is 1.57. The zero-order chi connectivity index (χ0) is 16.2. The average molecular weight is 318 g/mol. The summed E-state index contributed by atoms with van der Waals surface area (Å²) in [6.07, 6.45) is 3.61. The highest BCUT2D eigenvalue weighted by Gasteiger charge is 2.30. The lowest BCUT2D eigenvalue weighted by Gasteiger charge is -2.36. The molecule has 1 atom stereocenters. The molecule has 2 aliphatic rings. The second-order valence-corrected chi connectivity index (χ2v) is 6.35. The summed E-state index contributed by atoms with van der Waals surface area (Å²) >= 11 is 0. The van der Waals surface area contributed by atoms with Gasteiger partial charge in [0, 0.05) is 51.0 Å². The molecule has 126 valence electrons. The number of hydrogen-bond acceptors (Lipinski definition) is 5. The standard InChI is InChI=1S/C17H26N4O2/c1-3-5-15-18-13(2)12-16(19-15)20-7-9-21(10-8-20)17(22)14-6-4-11-23-14/h12,14H,3-11H2,1-2H3/t14-/m1/s1. The molecule has 0 saturated carbocycles. The summed E-state index contributed by atoms with van der Waals surface area (Å²) in [5.41, 5.74) is 1.01. The van der Waals surface area contributed by atoms with E-state index in [1.54, 1.807) is 0 Å². The minimum Gasteiger partial charge on any atom is -0.368 e. The maximum Gasteiger partial charge on any atom is 0.251 e. The van der Waals surface area contributed by atoms with Gasteiger partial charge in [-0.1, -0.05) is 6.92 Å². The smallest absolute Gasteiger partial charge is 0.251 e. The van der Waals surface area contributed by atoms with E-state index in [-0.39, 0.29) is 12.0 Å². The van der Waals surface area contributed by atoms with Gasteiger partial charge in [-0.05, 0) is 26.2 Å². The van der Waals surface area contributed by atoms with Crippen molar-refractivity contribution in [2.75, 3.05) is 37.7 Å². The normalized spacial score (nSPS) is 21.7. The van der Waals surface area contributed by atoms with Gasteiger partial charge >= 0.3 is 0 Å². The number of aryl methyl sites for hydroxylation is 2. The zero-order valence-electron chi connectivity index (χ0n) is 14.1. The lowest BCUT2D eigenvalue weighted by molar-refractivity contribution is -0.141. The molecule has 3 heterocycles. The Morgan fingerprint density at radius 2 is 2.09 bits per heavy atom. The minimum atomic E-state index is -0.209. The molecule has 2 fully saturated rings. The molecule has 2 saturated heterocycles. The number of hydrogen-bond donors (Lipinski definition) is 0. The first-order chi connectivity index (χ1) is 11.2. The largest absolute Gasteiger partial charge is 0.368 e. The van der Waals surface area contributed by atoms with E-state index >= 15 is 0 Å². The molecule has 6 heteroatoms. The van der Waals surface area contributed by atoms with Crippen molar-refractivity contribution in [2.45, 2.75) is 45.6 Å². The maximum absolute atomic E-state index is 12.4. The summed E-state index contributed by atoms with van der Waals surface area (Å²) < 4.78 is 5.51. The molecule has 23 heavy (non-hydrogen) atoms. The van der Waals surface area contributed by atoms with E-state index in [0.29, 0.717) is 0 Å². The molecule has 3 rings (SSSR count). The highest BCUT2D eigenvalue weighted by atomic mass is 16.5. The maximum atomic E-state index is 12.4. The van der Waals surface area contributed by atoms with E-state index in [2.05, 4.69) is 21.8 Å². The van der Waals surface area contributed by atoms with E-state index in [9.17, 15) is 4.79 Å². The predicted molar refractivity (Wildman–Crippen MR) is 88.5 cm³/mol. The van der Waals surface area contributed by atoms with Gasteiger partial charge in [-0.3, -0.25) is 4.79 Å². The van der Waals surface area contributed by atoms with E-state index < -0.39 is 0 Å². The van der Waals surface area contributed by atoms with Gasteiger partial charge in [-0.25, -0.2) is 9.97 Å². The lowest BCUT2D eigenvalue weighted by atomic mass is 10.2. The van der Waals surface area contributed by atoms with Gasteiger partial charge in [0.1, 0.15) is 17.7 Å². The first-order valence-corrected chi connectivity index (χ1v) is 8.67. The van der Waals surface area contributed by atoms with Crippen LogP contribution >= 0.6 is 0 Å². The second kappa shape index (κ2) is 7.25. The number of carbonyl (C=O) groups excluding carboxylic acids is 1. The highest BCUT2D eigenvalue weighted by Crippen LogP contribution is 2.19. The van der Waals surface area contributed by atoms with Crippen LogP contribution in [0.4, 0.5) is 5.82 Å². The van der Waals surface area contributed by atoms with Gasteiger partial charge in [0.25, 0.3) is 5.91 Å². The van der Waals surface area contributed by atoms with Crippen LogP contribution in [0.15, 0.2) is 6.07 Å². The van der Waals surface area contributed by atoms with Gasteiger partial charge in [0.2, 0.25) is 0 Å². The molecule has 6 nitrogen and oxygen atoms in total. The summed E-state index contributed by atoms with van der Waals surface area (Å²) in [6.45, 7) is 8.00. The first-order valence-electron chi connectivity index (χ1n) is 8.67. The van der Waals surface area contributed by atoms with Crippen LogP contribution in [0.5, 0.6) is 0 Å². The van der Waals surface area contributed by atoms with Crippen molar-refractivity contribution in [2.24, 2.45) is 0 Å².